The van der Waals surface area contributed by atoms with Crippen LogP contribution < -0.4 is 9.64 Å². The van der Waals surface area contributed by atoms with Gasteiger partial charge >= 0.3 is 5.91 Å². The molecule has 3 heterocycles. The van der Waals surface area contributed by atoms with Crippen LogP contribution in [0.25, 0.3) is 5.76 Å². The fraction of sp³-hybridized carbons (Fsp3) is 0.227. The number of carbonyl (C=O) groups is 2. The summed E-state index contributed by atoms with van der Waals surface area (Å²) in [5.41, 5.74) is 0.492. The molecule has 1 N–H and O–H groups in total. The summed E-state index contributed by atoms with van der Waals surface area (Å²) in [6.45, 7) is 2.65. The number of benzene rings is 1. The van der Waals surface area contributed by atoms with Gasteiger partial charge in [0.05, 0.1) is 12.2 Å². The number of carbonyl (C=O) groups excluding carboxylic acids is 2. The first-order chi connectivity index (χ1) is 14.6. The number of aliphatic hydroxyl groups is 1. The third-order valence-electron chi connectivity index (χ3n) is 4.76. The molecule has 0 aliphatic carbocycles. The van der Waals surface area contributed by atoms with E-state index in [4.69, 9.17) is 4.74 Å². The number of aromatic nitrogens is 1. The summed E-state index contributed by atoms with van der Waals surface area (Å²) >= 11 is 2.69. The van der Waals surface area contributed by atoms with Gasteiger partial charge in [-0.3, -0.25) is 14.5 Å². The first kappa shape index (κ1) is 20.3. The van der Waals surface area contributed by atoms with Crippen LogP contribution in [0.1, 0.15) is 36.2 Å². The molecule has 154 valence electrons. The molecule has 1 atom stereocenters. The number of hydrogen-bond donors (Lipinski definition) is 1. The largest absolute Gasteiger partial charge is 0.507 e. The lowest BCUT2D eigenvalue weighted by molar-refractivity contribution is -0.132. The van der Waals surface area contributed by atoms with Crippen LogP contribution >= 0.6 is 22.7 Å². The maximum absolute atomic E-state index is 13.0. The average Bonchev–Trinajstić information content (AvgIpc) is 3.50. The maximum atomic E-state index is 13.0. The predicted octanol–water partition coefficient (Wildman–Crippen LogP) is 5.01. The van der Waals surface area contributed by atoms with Crippen molar-refractivity contribution in [3.8, 4) is 5.75 Å². The minimum absolute atomic E-state index is 0.0587. The molecule has 1 aliphatic rings. The minimum atomic E-state index is -0.724. The molecular formula is C22H20N2O4S2. The van der Waals surface area contributed by atoms with Gasteiger partial charge in [-0.15, -0.1) is 22.7 Å². The fourth-order valence-corrected chi connectivity index (χ4v) is 4.79. The Balaban J connectivity index is 1.79. The van der Waals surface area contributed by atoms with Gasteiger partial charge in [-0.25, -0.2) is 4.98 Å². The monoisotopic (exact) mass is 440 g/mol. The molecule has 6 nitrogen and oxygen atoms in total. The summed E-state index contributed by atoms with van der Waals surface area (Å²) in [4.78, 5) is 32.2. The smallest absolute Gasteiger partial charge is 0.301 e. The van der Waals surface area contributed by atoms with E-state index in [1.807, 2.05) is 17.5 Å². The normalized spacial score (nSPS) is 18.2. The Morgan fingerprint density at radius 2 is 2.07 bits per heavy atom. The lowest BCUT2D eigenvalue weighted by Gasteiger charge is -2.21. The van der Waals surface area contributed by atoms with Gasteiger partial charge in [0.1, 0.15) is 17.6 Å². The number of aliphatic hydroxyl groups excluding tert-OH is 1. The highest BCUT2D eigenvalue weighted by Crippen LogP contribution is 2.44. The second-order valence-electron chi connectivity index (χ2n) is 6.73. The first-order valence-electron chi connectivity index (χ1n) is 9.59. The molecule has 0 saturated carbocycles. The fourth-order valence-electron chi connectivity index (χ4n) is 3.30. The van der Waals surface area contributed by atoms with Crippen LogP contribution in [0.2, 0.25) is 0 Å². The van der Waals surface area contributed by atoms with E-state index in [-0.39, 0.29) is 11.3 Å². The van der Waals surface area contributed by atoms with Crippen molar-refractivity contribution >= 4 is 45.3 Å². The third kappa shape index (κ3) is 3.76. The summed E-state index contributed by atoms with van der Waals surface area (Å²) in [6.07, 6.45) is 3.52. The molecule has 8 heteroatoms. The molecule has 0 radical (unpaired) electrons. The molecule has 1 saturated heterocycles. The number of amides is 1. The Bertz CT molecular complexity index is 1070. The second-order valence-corrected chi connectivity index (χ2v) is 8.58. The van der Waals surface area contributed by atoms with Crippen molar-refractivity contribution in [1.29, 1.82) is 0 Å². The van der Waals surface area contributed by atoms with Crippen LogP contribution in [0.4, 0.5) is 5.13 Å². The van der Waals surface area contributed by atoms with E-state index in [9.17, 15) is 14.7 Å². The Labute approximate surface area is 182 Å². The highest BCUT2D eigenvalue weighted by molar-refractivity contribution is 7.14. The Hall–Kier alpha value is -2.97. The SMILES string of the molecule is CCCCOc1cccc(C(O)=C2C(=O)C(=O)N(c3nccs3)C2c2cccs2)c1. The van der Waals surface area contributed by atoms with E-state index in [0.717, 1.165) is 17.7 Å². The average molecular weight is 441 g/mol. The molecule has 1 aliphatic heterocycles. The number of unbranched alkanes of at least 4 members (excludes halogenated alkanes) is 1. The Kier molecular flexibility index (Phi) is 5.96. The molecular weight excluding hydrogens is 420 g/mol. The van der Waals surface area contributed by atoms with Crippen LogP contribution in [-0.4, -0.2) is 28.4 Å². The number of hydrogen-bond acceptors (Lipinski definition) is 7. The quantitative estimate of drug-likeness (QED) is 0.242. The highest BCUT2D eigenvalue weighted by Gasteiger charge is 2.48. The molecule has 1 unspecified atom stereocenters. The zero-order valence-electron chi connectivity index (χ0n) is 16.3. The molecule has 4 rings (SSSR count). The molecule has 0 bridgehead atoms. The van der Waals surface area contributed by atoms with Crippen LogP contribution in [0.15, 0.2) is 58.9 Å². The Morgan fingerprint density at radius 1 is 1.20 bits per heavy atom. The molecule has 1 fully saturated rings. The van der Waals surface area contributed by atoms with Gasteiger partial charge in [-0.1, -0.05) is 31.5 Å². The highest BCUT2D eigenvalue weighted by atomic mass is 32.1. The van der Waals surface area contributed by atoms with Crippen molar-refractivity contribution in [2.75, 3.05) is 11.5 Å². The lowest BCUT2D eigenvalue weighted by Crippen LogP contribution is -2.28. The van der Waals surface area contributed by atoms with Crippen molar-refractivity contribution in [3.05, 3.63) is 69.4 Å². The molecule has 30 heavy (non-hydrogen) atoms. The summed E-state index contributed by atoms with van der Waals surface area (Å²) in [5.74, 6) is -1.03. The van der Waals surface area contributed by atoms with E-state index in [2.05, 4.69) is 11.9 Å². The topological polar surface area (TPSA) is 79.7 Å². The molecule has 1 amide bonds. The lowest BCUT2D eigenvalue weighted by atomic mass is 10.00. The van der Waals surface area contributed by atoms with Crippen LogP contribution in [0.3, 0.4) is 0 Å². The predicted molar refractivity (Wildman–Crippen MR) is 118 cm³/mol. The van der Waals surface area contributed by atoms with Gasteiger partial charge in [0, 0.05) is 22.0 Å². The van der Waals surface area contributed by atoms with Crippen molar-refractivity contribution in [2.24, 2.45) is 0 Å². The number of thiazole rings is 1. The summed E-state index contributed by atoms with van der Waals surface area (Å²) < 4.78 is 5.72. The molecule has 0 spiro atoms. The molecule has 2 aromatic heterocycles. The molecule has 1 aromatic carbocycles. The van der Waals surface area contributed by atoms with Crippen LogP contribution in [0, 0.1) is 0 Å². The van der Waals surface area contributed by atoms with Crippen molar-refractivity contribution < 1.29 is 19.4 Å². The number of anilines is 1. The van der Waals surface area contributed by atoms with E-state index in [1.54, 1.807) is 35.8 Å². The van der Waals surface area contributed by atoms with E-state index in [1.165, 1.54) is 27.6 Å². The van der Waals surface area contributed by atoms with Gasteiger partial charge in [-0.2, -0.15) is 0 Å². The summed E-state index contributed by atoms with van der Waals surface area (Å²) in [5, 5.41) is 15.1. The second kappa shape index (κ2) is 8.81. The minimum Gasteiger partial charge on any atom is -0.507 e. The first-order valence-corrected chi connectivity index (χ1v) is 11.3. The van der Waals surface area contributed by atoms with E-state index in [0.29, 0.717) is 23.1 Å². The van der Waals surface area contributed by atoms with Gasteiger partial charge in [0.25, 0.3) is 5.78 Å². The van der Waals surface area contributed by atoms with Crippen LogP contribution in [-0.2, 0) is 9.59 Å². The van der Waals surface area contributed by atoms with Crippen LogP contribution in [0.5, 0.6) is 5.75 Å². The summed E-state index contributed by atoms with van der Waals surface area (Å²) in [7, 11) is 0. The zero-order chi connectivity index (χ0) is 21.1. The number of ketones is 1. The summed E-state index contributed by atoms with van der Waals surface area (Å²) in [6, 6.07) is 9.92. The number of Topliss-reactive ketones (excluding diaryl/α,β-unsaturated/α-hetero) is 1. The molecule has 3 aromatic rings. The van der Waals surface area contributed by atoms with Gasteiger partial charge in [0.15, 0.2) is 5.13 Å². The standard InChI is InChI=1S/C22H20N2O4S2/c1-2-3-10-28-15-7-4-6-14(13-15)19(25)17-18(16-8-5-11-29-16)24(21(27)20(17)26)22-23-9-12-30-22/h4-9,11-13,18,25H,2-3,10H2,1H3. The zero-order valence-corrected chi connectivity index (χ0v) is 17.9. The van der Waals surface area contributed by atoms with Gasteiger partial charge in [-0.05, 0) is 30.0 Å². The third-order valence-corrected chi connectivity index (χ3v) is 6.45. The Morgan fingerprint density at radius 3 is 2.77 bits per heavy atom. The number of rotatable bonds is 7. The van der Waals surface area contributed by atoms with E-state index >= 15 is 0 Å². The van der Waals surface area contributed by atoms with Crippen molar-refractivity contribution in [1.82, 2.24) is 4.98 Å². The number of thiophene rings is 1. The number of nitrogens with zero attached hydrogens (tertiary/aromatic N) is 2. The van der Waals surface area contributed by atoms with E-state index < -0.39 is 17.7 Å². The van der Waals surface area contributed by atoms with Gasteiger partial charge in [0.2, 0.25) is 0 Å². The van der Waals surface area contributed by atoms with Crippen molar-refractivity contribution in [2.45, 2.75) is 25.8 Å². The number of ether oxygens (including phenoxy) is 1. The van der Waals surface area contributed by atoms with Gasteiger partial charge < -0.3 is 9.84 Å². The van der Waals surface area contributed by atoms with Crippen molar-refractivity contribution in [3.63, 3.8) is 0 Å². The maximum Gasteiger partial charge on any atom is 0.301 e.